The Bertz CT molecular complexity index is 490. The van der Waals surface area contributed by atoms with Crippen molar-refractivity contribution >= 4 is 5.91 Å². The van der Waals surface area contributed by atoms with E-state index in [0.717, 1.165) is 31.5 Å². The molecule has 1 saturated heterocycles. The summed E-state index contributed by atoms with van der Waals surface area (Å²) in [5.41, 5.74) is 6.66. The van der Waals surface area contributed by atoms with Crippen molar-refractivity contribution in [3.8, 4) is 0 Å². The Labute approximate surface area is 144 Å². The van der Waals surface area contributed by atoms with Gasteiger partial charge in [0, 0.05) is 20.2 Å². The van der Waals surface area contributed by atoms with Crippen LogP contribution in [0.25, 0.3) is 0 Å². The first-order valence-corrected chi connectivity index (χ1v) is 8.57. The Hall–Kier alpha value is -1.47. The fourth-order valence-electron chi connectivity index (χ4n) is 3.03. The SMILES string of the molecule is COCC(N)C(=O)NCC1CCN(CC(O)c2ccccc2)CC1. The number of carbonyl (C=O) groups is 1. The normalized spacial score (nSPS) is 19.0. The molecule has 6 nitrogen and oxygen atoms in total. The molecule has 2 atom stereocenters. The van der Waals surface area contributed by atoms with Crippen molar-refractivity contribution in [1.82, 2.24) is 10.2 Å². The second kappa shape index (κ2) is 9.74. The van der Waals surface area contributed by atoms with E-state index in [0.29, 0.717) is 19.0 Å². The lowest BCUT2D eigenvalue weighted by Gasteiger charge is -2.33. The van der Waals surface area contributed by atoms with Crippen LogP contribution in [0.2, 0.25) is 0 Å². The number of nitrogens with zero attached hydrogens (tertiary/aromatic N) is 1. The molecule has 1 aromatic rings. The molecule has 24 heavy (non-hydrogen) atoms. The number of piperidine rings is 1. The van der Waals surface area contributed by atoms with Crippen LogP contribution in [0.5, 0.6) is 0 Å². The van der Waals surface area contributed by atoms with Gasteiger partial charge in [0.15, 0.2) is 0 Å². The Morgan fingerprint density at radius 3 is 2.67 bits per heavy atom. The summed E-state index contributed by atoms with van der Waals surface area (Å²) in [7, 11) is 1.53. The minimum atomic E-state index is -0.601. The summed E-state index contributed by atoms with van der Waals surface area (Å²) >= 11 is 0. The van der Waals surface area contributed by atoms with Crippen LogP contribution in [0.4, 0.5) is 0 Å². The monoisotopic (exact) mass is 335 g/mol. The Kier molecular flexibility index (Phi) is 7.65. The predicted octanol–water partition coefficient (Wildman–Crippen LogP) is 0.522. The van der Waals surface area contributed by atoms with Gasteiger partial charge in [-0.25, -0.2) is 0 Å². The molecule has 1 aliphatic heterocycles. The number of carbonyl (C=O) groups excluding carboxylic acids is 1. The van der Waals surface area contributed by atoms with Gasteiger partial charge in [-0.05, 0) is 37.4 Å². The summed E-state index contributed by atoms with van der Waals surface area (Å²) in [5, 5.41) is 13.2. The number of β-amino-alcohol motifs (C(OH)–C–C–N with tert-alkyl or cyclic N) is 1. The van der Waals surface area contributed by atoms with Gasteiger partial charge in [0.1, 0.15) is 6.04 Å². The highest BCUT2D eigenvalue weighted by molar-refractivity contribution is 5.81. The third kappa shape index (κ3) is 5.87. The van der Waals surface area contributed by atoms with E-state index in [2.05, 4.69) is 10.2 Å². The van der Waals surface area contributed by atoms with Gasteiger partial charge in [-0.15, -0.1) is 0 Å². The predicted molar refractivity (Wildman–Crippen MR) is 93.4 cm³/mol. The van der Waals surface area contributed by atoms with Crippen molar-refractivity contribution in [3.63, 3.8) is 0 Å². The summed E-state index contributed by atoms with van der Waals surface area (Å²) in [5.74, 6) is 0.313. The van der Waals surface area contributed by atoms with E-state index in [4.69, 9.17) is 10.5 Å². The Morgan fingerprint density at radius 2 is 2.04 bits per heavy atom. The van der Waals surface area contributed by atoms with Crippen molar-refractivity contribution in [1.29, 1.82) is 0 Å². The number of nitrogens with one attached hydrogen (secondary N) is 1. The van der Waals surface area contributed by atoms with Gasteiger partial charge < -0.3 is 25.8 Å². The number of aliphatic hydroxyl groups excluding tert-OH is 1. The summed E-state index contributed by atoms with van der Waals surface area (Å²) in [6, 6.07) is 9.15. The lowest BCUT2D eigenvalue weighted by atomic mass is 9.96. The van der Waals surface area contributed by atoms with E-state index in [1.54, 1.807) is 0 Å². The third-order valence-corrected chi connectivity index (χ3v) is 4.57. The molecule has 134 valence electrons. The van der Waals surface area contributed by atoms with Crippen LogP contribution in [0.15, 0.2) is 30.3 Å². The van der Waals surface area contributed by atoms with Crippen molar-refractivity contribution in [2.45, 2.75) is 25.0 Å². The topological polar surface area (TPSA) is 87.8 Å². The number of methoxy groups -OCH3 is 1. The third-order valence-electron chi connectivity index (χ3n) is 4.57. The molecule has 0 aliphatic carbocycles. The number of ether oxygens (including phenoxy) is 1. The maximum atomic E-state index is 11.8. The molecule has 2 unspecified atom stereocenters. The van der Waals surface area contributed by atoms with Gasteiger partial charge in [0.05, 0.1) is 12.7 Å². The van der Waals surface area contributed by atoms with Crippen LogP contribution < -0.4 is 11.1 Å². The first kappa shape index (κ1) is 18.9. The maximum absolute atomic E-state index is 11.8. The van der Waals surface area contributed by atoms with E-state index in [1.165, 1.54) is 7.11 Å². The minimum absolute atomic E-state index is 0.154. The van der Waals surface area contributed by atoms with Gasteiger partial charge in [0.2, 0.25) is 5.91 Å². The van der Waals surface area contributed by atoms with E-state index >= 15 is 0 Å². The zero-order valence-electron chi connectivity index (χ0n) is 14.4. The van der Waals surface area contributed by atoms with Gasteiger partial charge >= 0.3 is 0 Å². The quantitative estimate of drug-likeness (QED) is 0.645. The Balaban J connectivity index is 1.67. The number of benzene rings is 1. The molecule has 4 N–H and O–H groups in total. The molecule has 0 bridgehead atoms. The molecule has 0 radical (unpaired) electrons. The van der Waals surface area contributed by atoms with Crippen molar-refractivity contribution in [2.24, 2.45) is 11.7 Å². The molecule has 1 heterocycles. The van der Waals surface area contributed by atoms with E-state index < -0.39 is 12.1 Å². The summed E-state index contributed by atoms with van der Waals surface area (Å²) in [6.45, 7) is 3.43. The van der Waals surface area contributed by atoms with Crippen LogP contribution >= 0.6 is 0 Å². The largest absolute Gasteiger partial charge is 0.387 e. The zero-order chi connectivity index (χ0) is 17.4. The van der Waals surface area contributed by atoms with Crippen LogP contribution in [0.1, 0.15) is 24.5 Å². The molecular formula is C18H29N3O3. The van der Waals surface area contributed by atoms with Gasteiger partial charge in [-0.1, -0.05) is 30.3 Å². The minimum Gasteiger partial charge on any atom is -0.387 e. The summed E-state index contributed by atoms with van der Waals surface area (Å²) in [6.07, 6.45) is 1.58. The van der Waals surface area contributed by atoms with E-state index in [9.17, 15) is 9.90 Å². The van der Waals surface area contributed by atoms with Crippen molar-refractivity contribution in [2.75, 3.05) is 39.9 Å². The molecule has 2 rings (SSSR count). The molecular weight excluding hydrogens is 306 g/mol. The molecule has 0 aromatic heterocycles. The summed E-state index contributed by atoms with van der Waals surface area (Å²) < 4.78 is 4.89. The first-order chi connectivity index (χ1) is 11.6. The number of rotatable bonds is 8. The lowest BCUT2D eigenvalue weighted by molar-refractivity contribution is -0.123. The molecule has 1 aromatic carbocycles. The fourth-order valence-corrected chi connectivity index (χ4v) is 3.03. The Morgan fingerprint density at radius 1 is 1.38 bits per heavy atom. The fraction of sp³-hybridized carbons (Fsp3) is 0.611. The lowest BCUT2D eigenvalue weighted by Crippen LogP contribution is -2.46. The average Bonchev–Trinajstić information content (AvgIpc) is 2.61. The van der Waals surface area contributed by atoms with E-state index in [-0.39, 0.29) is 12.5 Å². The van der Waals surface area contributed by atoms with Crippen LogP contribution in [-0.4, -0.2) is 61.9 Å². The number of nitrogens with two attached hydrogens (primary N) is 1. The molecule has 0 spiro atoms. The smallest absolute Gasteiger partial charge is 0.239 e. The highest BCUT2D eigenvalue weighted by atomic mass is 16.5. The number of amides is 1. The number of aliphatic hydroxyl groups is 1. The molecule has 0 saturated carbocycles. The van der Waals surface area contributed by atoms with Gasteiger partial charge in [-0.2, -0.15) is 0 Å². The maximum Gasteiger partial charge on any atom is 0.239 e. The van der Waals surface area contributed by atoms with Gasteiger partial charge in [0.25, 0.3) is 0 Å². The van der Waals surface area contributed by atoms with E-state index in [1.807, 2.05) is 30.3 Å². The van der Waals surface area contributed by atoms with Crippen LogP contribution in [-0.2, 0) is 9.53 Å². The number of hydrogen-bond donors (Lipinski definition) is 3. The second-order valence-corrected chi connectivity index (χ2v) is 6.48. The summed E-state index contributed by atoms with van der Waals surface area (Å²) in [4.78, 5) is 14.1. The highest BCUT2D eigenvalue weighted by Gasteiger charge is 2.22. The molecule has 6 heteroatoms. The standard InChI is InChI=1S/C18H29N3O3/c1-24-13-16(19)18(23)20-11-14-7-9-21(10-8-14)12-17(22)15-5-3-2-4-6-15/h2-6,14,16-17,22H,7-13,19H2,1H3,(H,20,23). The average molecular weight is 335 g/mol. The number of likely N-dealkylation sites (tertiary alicyclic amines) is 1. The van der Waals surface area contributed by atoms with Crippen molar-refractivity contribution in [3.05, 3.63) is 35.9 Å². The molecule has 1 fully saturated rings. The zero-order valence-corrected chi connectivity index (χ0v) is 14.4. The van der Waals surface area contributed by atoms with Crippen LogP contribution in [0.3, 0.4) is 0 Å². The molecule has 1 aliphatic rings. The van der Waals surface area contributed by atoms with Gasteiger partial charge in [-0.3, -0.25) is 4.79 Å². The highest BCUT2D eigenvalue weighted by Crippen LogP contribution is 2.20. The number of hydrogen-bond acceptors (Lipinski definition) is 5. The van der Waals surface area contributed by atoms with Crippen LogP contribution in [0, 0.1) is 5.92 Å². The first-order valence-electron chi connectivity index (χ1n) is 8.57. The second-order valence-electron chi connectivity index (χ2n) is 6.48. The van der Waals surface area contributed by atoms with Crippen molar-refractivity contribution < 1.29 is 14.6 Å². The molecule has 1 amide bonds.